The van der Waals surface area contributed by atoms with Gasteiger partial charge in [0.25, 0.3) is 0 Å². The van der Waals surface area contributed by atoms with E-state index in [1.54, 1.807) is 17.8 Å². The van der Waals surface area contributed by atoms with Gasteiger partial charge in [0.2, 0.25) is 0 Å². The van der Waals surface area contributed by atoms with Gasteiger partial charge < -0.3 is 10.5 Å². The van der Waals surface area contributed by atoms with Crippen LogP contribution in [0.2, 0.25) is 0 Å². The molecule has 0 atom stereocenters. The Labute approximate surface area is 100 Å². The molecule has 4 heteroatoms. The first-order valence-corrected chi connectivity index (χ1v) is 6.52. The lowest BCUT2D eigenvalue weighted by Crippen LogP contribution is -1.98. The van der Waals surface area contributed by atoms with Crippen molar-refractivity contribution in [3.63, 3.8) is 0 Å². The van der Waals surface area contributed by atoms with E-state index in [1.807, 2.05) is 6.92 Å². The van der Waals surface area contributed by atoms with Gasteiger partial charge in [-0.3, -0.25) is 0 Å². The maximum atomic E-state index is 13.4. The van der Waals surface area contributed by atoms with Crippen LogP contribution in [0.1, 0.15) is 26.7 Å². The molecule has 0 amide bonds. The first kappa shape index (κ1) is 13.2. The normalized spacial score (nSPS) is 10.4. The maximum Gasteiger partial charge on any atom is 0.167 e. The third kappa shape index (κ3) is 3.59. The maximum absolute atomic E-state index is 13.4. The van der Waals surface area contributed by atoms with Gasteiger partial charge in [-0.05, 0) is 25.2 Å². The number of ether oxygens (including phenoxy) is 1. The molecule has 0 bridgehead atoms. The second-order valence-electron chi connectivity index (χ2n) is 3.46. The van der Waals surface area contributed by atoms with E-state index in [-0.39, 0.29) is 11.6 Å². The van der Waals surface area contributed by atoms with Gasteiger partial charge in [0.05, 0.1) is 6.61 Å². The average Bonchev–Trinajstić information content (AvgIpc) is 2.25. The highest BCUT2D eigenvalue weighted by Gasteiger charge is 2.08. The van der Waals surface area contributed by atoms with Crippen LogP contribution in [0.5, 0.6) is 5.75 Å². The minimum absolute atomic E-state index is 0.288. The van der Waals surface area contributed by atoms with Crippen LogP contribution in [0.4, 0.5) is 10.1 Å². The van der Waals surface area contributed by atoms with Crippen molar-refractivity contribution in [1.29, 1.82) is 0 Å². The highest BCUT2D eigenvalue weighted by molar-refractivity contribution is 7.99. The number of rotatable bonds is 6. The summed E-state index contributed by atoms with van der Waals surface area (Å²) in [7, 11) is 0. The molecule has 0 aliphatic heterocycles. The molecule has 0 heterocycles. The zero-order valence-corrected chi connectivity index (χ0v) is 10.6. The molecule has 0 radical (unpaired) electrons. The number of thioether (sulfide) groups is 1. The van der Waals surface area contributed by atoms with Gasteiger partial charge >= 0.3 is 0 Å². The number of hydrogen-bond donors (Lipinski definition) is 1. The van der Waals surface area contributed by atoms with Crippen LogP contribution in [-0.4, -0.2) is 12.4 Å². The Kier molecular flexibility index (Phi) is 5.46. The van der Waals surface area contributed by atoms with Gasteiger partial charge in [-0.1, -0.05) is 13.3 Å². The van der Waals surface area contributed by atoms with Crippen molar-refractivity contribution in [2.24, 2.45) is 0 Å². The first-order chi connectivity index (χ1) is 7.69. The Bertz CT molecular complexity index is 344. The molecule has 0 spiro atoms. The topological polar surface area (TPSA) is 35.2 Å². The molecular formula is C12H18FNOS. The number of anilines is 1. The zero-order chi connectivity index (χ0) is 12.0. The molecule has 0 aromatic heterocycles. The molecule has 1 aromatic rings. The highest BCUT2D eigenvalue weighted by atomic mass is 32.2. The smallest absolute Gasteiger partial charge is 0.167 e. The third-order valence-corrected chi connectivity index (χ3v) is 3.28. The average molecular weight is 243 g/mol. The standard InChI is InChI=1S/C12H18FNOS/c1-3-5-6-16-12-8-11(15-4-2)9(13)7-10(12)14/h7-8H,3-6,14H2,1-2H3. The number of halogens is 1. The Hall–Kier alpha value is -0.900. The summed E-state index contributed by atoms with van der Waals surface area (Å²) in [6.45, 7) is 4.43. The van der Waals surface area contributed by atoms with E-state index in [4.69, 9.17) is 10.5 Å². The van der Waals surface area contributed by atoms with E-state index in [9.17, 15) is 4.39 Å². The van der Waals surface area contributed by atoms with Gasteiger partial charge in [0.1, 0.15) is 0 Å². The van der Waals surface area contributed by atoms with Crippen LogP contribution >= 0.6 is 11.8 Å². The molecule has 16 heavy (non-hydrogen) atoms. The highest BCUT2D eigenvalue weighted by Crippen LogP contribution is 2.32. The first-order valence-electron chi connectivity index (χ1n) is 5.53. The molecule has 1 aromatic carbocycles. The Morgan fingerprint density at radius 3 is 2.75 bits per heavy atom. The summed E-state index contributed by atoms with van der Waals surface area (Å²) in [4.78, 5) is 0.901. The molecule has 90 valence electrons. The summed E-state index contributed by atoms with van der Waals surface area (Å²) in [5.74, 6) is 0.896. The van der Waals surface area contributed by atoms with Crippen LogP contribution in [0.15, 0.2) is 17.0 Å². The zero-order valence-electron chi connectivity index (χ0n) is 9.75. The molecule has 0 fully saturated rings. The van der Waals surface area contributed by atoms with Crippen LogP contribution in [0, 0.1) is 5.82 Å². The molecule has 2 nitrogen and oxygen atoms in total. The molecule has 0 unspecified atom stereocenters. The summed E-state index contributed by atoms with van der Waals surface area (Å²) >= 11 is 1.65. The van der Waals surface area contributed by atoms with E-state index < -0.39 is 0 Å². The SMILES string of the molecule is CCCCSc1cc(OCC)c(F)cc1N. The predicted octanol–water partition coefficient (Wildman–Crippen LogP) is 3.70. The van der Waals surface area contributed by atoms with Crippen molar-refractivity contribution in [2.75, 3.05) is 18.1 Å². The van der Waals surface area contributed by atoms with Gasteiger partial charge in [-0.15, -0.1) is 11.8 Å². The Balaban J connectivity index is 2.78. The van der Waals surface area contributed by atoms with Crippen molar-refractivity contribution >= 4 is 17.4 Å². The second-order valence-corrected chi connectivity index (χ2v) is 4.59. The lowest BCUT2D eigenvalue weighted by molar-refractivity contribution is 0.321. The molecular weight excluding hydrogens is 225 g/mol. The number of nitrogens with two attached hydrogens (primary N) is 1. The minimum Gasteiger partial charge on any atom is -0.491 e. The van der Waals surface area contributed by atoms with E-state index >= 15 is 0 Å². The van der Waals surface area contributed by atoms with Gasteiger partial charge in [0, 0.05) is 16.6 Å². The van der Waals surface area contributed by atoms with Gasteiger partial charge in [-0.25, -0.2) is 4.39 Å². The van der Waals surface area contributed by atoms with Crippen LogP contribution in [-0.2, 0) is 0 Å². The molecule has 0 aliphatic carbocycles. The van der Waals surface area contributed by atoms with E-state index in [0.717, 1.165) is 23.5 Å². The molecule has 0 aliphatic rings. The Morgan fingerprint density at radius 1 is 1.38 bits per heavy atom. The van der Waals surface area contributed by atoms with Crippen molar-refractivity contribution in [1.82, 2.24) is 0 Å². The molecule has 1 rings (SSSR count). The van der Waals surface area contributed by atoms with E-state index in [1.165, 1.54) is 6.07 Å². The predicted molar refractivity (Wildman–Crippen MR) is 67.6 cm³/mol. The monoisotopic (exact) mass is 243 g/mol. The third-order valence-electron chi connectivity index (χ3n) is 2.12. The quantitative estimate of drug-likeness (QED) is 0.470. The molecule has 2 N–H and O–H groups in total. The van der Waals surface area contributed by atoms with Crippen molar-refractivity contribution in [2.45, 2.75) is 31.6 Å². The number of benzene rings is 1. The molecule has 0 saturated carbocycles. The van der Waals surface area contributed by atoms with Crippen molar-refractivity contribution < 1.29 is 9.13 Å². The van der Waals surface area contributed by atoms with Crippen molar-refractivity contribution in [3.05, 3.63) is 17.9 Å². The fraction of sp³-hybridized carbons (Fsp3) is 0.500. The minimum atomic E-state index is -0.390. The number of unbranched alkanes of at least 4 members (excludes halogenated alkanes) is 1. The summed E-state index contributed by atoms with van der Waals surface area (Å²) in [6.07, 6.45) is 2.28. The van der Waals surface area contributed by atoms with Crippen LogP contribution in [0.25, 0.3) is 0 Å². The summed E-state index contributed by atoms with van der Waals surface area (Å²) in [5.41, 5.74) is 6.24. The number of hydrogen-bond acceptors (Lipinski definition) is 3. The summed E-state index contributed by atoms with van der Waals surface area (Å²) in [5, 5.41) is 0. The van der Waals surface area contributed by atoms with Crippen LogP contribution < -0.4 is 10.5 Å². The van der Waals surface area contributed by atoms with Gasteiger partial charge in [-0.2, -0.15) is 0 Å². The largest absolute Gasteiger partial charge is 0.491 e. The van der Waals surface area contributed by atoms with Crippen LogP contribution in [0.3, 0.4) is 0 Å². The fourth-order valence-electron chi connectivity index (χ4n) is 1.27. The summed E-state index contributed by atoms with van der Waals surface area (Å²) in [6, 6.07) is 3.02. The number of nitrogen functional groups attached to an aromatic ring is 1. The fourth-order valence-corrected chi connectivity index (χ4v) is 2.34. The van der Waals surface area contributed by atoms with E-state index in [0.29, 0.717) is 12.3 Å². The Morgan fingerprint density at radius 2 is 2.12 bits per heavy atom. The van der Waals surface area contributed by atoms with Gasteiger partial charge in [0.15, 0.2) is 11.6 Å². The van der Waals surface area contributed by atoms with Crippen molar-refractivity contribution in [3.8, 4) is 5.75 Å². The second kappa shape index (κ2) is 6.63. The lowest BCUT2D eigenvalue weighted by Gasteiger charge is -2.10. The molecule has 0 saturated heterocycles. The lowest BCUT2D eigenvalue weighted by atomic mass is 10.3. The summed E-state index contributed by atoms with van der Waals surface area (Å²) < 4.78 is 18.6. The van der Waals surface area contributed by atoms with E-state index in [2.05, 4.69) is 6.92 Å².